The molecule has 0 bridgehead atoms. The predicted molar refractivity (Wildman–Crippen MR) is 85.7 cm³/mol. The van der Waals surface area contributed by atoms with E-state index in [1.165, 1.54) is 12.8 Å². The Kier molecular flexibility index (Phi) is 5.10. The first kappa shape index (κ1) is 15.7. The first-order chi connectivity index (χ1) is 10.0. The molecule has 0 aliphatic heterocycles. The van der Waals surface area contributed by atoms with Crippen molar-refractivity contribution < 1.29 is 9.53 Å². The van der Waals surface area contributed by atoms with Crippen molar-refractivity contribution in [3.8, 4) is 5.75 Å². The summed E-state index contributed by atoms with van der Waals surface area (Å²) in [5, 5.41) is 3.52. The average molecular weight is 290 g/mol. The van der Waals surface area contributed by atoms with E-state index in [2.05, 4.69) is 19.2 Å². The Labute approximate surface area is 127 Å². The van der Waals surface area contributed by atoms with Crippen LogP contribution in [0, 0.1) is 11.8 Å². The number of primary amides is 1. The van der Waals surface area contributed by atoms with Crippen LogP contribution in [0.1, 0.15) is 49.9 Å². The third-order valence-corrected chi connectivity index (χ3v) is 4.56. The Balaban J connectivity index is 2.05. The maximum Gasteiger partial charge on any atom is 0.248 e. The van der Waals surface area contributed by atoms with Crippen molar-refractivity contribution >= 4 is 11.6 Å². The van der Waals surface area contributed by atoms with Crippen LogP contribution in [0.4, 0.5) is 5.69 Å². The largest absolute Gasteiger partial charge is 0.495 e. The fourth-order valence-electron chi connectivity index (χ4n) is 3.12. The van der Waals surface area contributed by atoms with Gasteiger partial charge < -0.3 is 15.8 Å². The Morgan fingerprint density at radius 1 is 1.29 bits per heavy atom. The lowest BCUT2D eigenvalue weighted by Gasteiger charge is -2.32. The number of benzene rings is 1. The van der Waals surface area contributed by atoms with Crippen LogP contribution in [-0.4, -0.2) is 19.1 Å². The Morgan fingerprint density at radius 2 is 1.95 bits per heavy atom. The fraction of sp³-hybridized carbons (Fsp3) is 0.588. The quantitative estimate of drug-likeness (QED) is 0.873. The molecule has 0 aromatic heterocycles. The molecule has 1 aliphatic rings. The van der Waals surface area contributed by atoms with Gasteiger partial charge in [-0.15, -0.1) is 0 Å². The highest BCUT2D eigenvalue weighted by Gasteiger charge is 2.23. The number of amides is 1. The minimum atomic E-state index is -0.413. The number of nitrogens with two attached hydrogens (primary N) is 1. The van der Waals surface area contributed by atoms with Crippen LogP contribution in [0.2, 0.25) is 0 Å². The molecule has 0 saturated heterocycles. The van der Waals surface area contributed by atoms with E-state index in [0.29, 0.717) is 11.6 Å². The second-order valence-electron chi connectivity index (χ2n) is 6.28. The number of methoxy groups -OCH3 is 1. The highest BCUT2D eigenvalue weighted by molar-refractivity contribution is 5.94. The topological polar surface area (TPSA) is 64.3 Å². The molecule has 21 heavy (non-hydrogen) atoms. The number of hydrogen-bond donors (Lipinski definition) is 2. The second-order valence-corrected chi connectivity index (χ2v) is 6.28. The first-order valence-electron chi connectivity index (χ1n) is 7.75. The lowest BCUT2D eigenvalue weighted by molar-refractivity contribution is 0.100. The third-order valence-electron chi connectivity index (χ3n) is 4.56. The van der Waals surface area contributed by atoms with Gasteiger partial charge in [0.05, 0.1) is 12.8 Å². The molecule has 4 heteroatoms. The van der Waals surface area contributed by atoms with Gasteiger partial charge in [0.2, 0.25) is 5.91 Å². The van der Waals surface area contributed by atoms with Gasteiger partial charge in [0.15, 0.2) is 0 Å². The molecule has 1 aromatic rings. The van der Waals surface area contributed by atoms with Gasteiger partial charge in [-0.2, -0.15) is 0 Å². The summed E-state index contributed by atoms with van der Waals surface area (Å²) in [6.45, 7) is 4.61. The number of carbonyl (C=O) groups is 1. The van der Waals surface area contributed by atoms with Crippen molar-refractivity contribution in [1.82, 2.24) is 0 Å². The summed E-state index contributed by atoms with van der Waals surface area (Å²) in [6, 6.07) is 5.72. The normalized spacial score (nSPS) is 22.1. The zero-order chi connectivity index (χ0) is 15.4. The lowest BCUT2D eigenvalue weighted by atomic mass is 9.79. The van der Waals surface area contributed by atoms with Crippen molar-refractivity contribution in [2.75, 3.05) is 12.4 Å². The number of ether oxygens (including phenoxy) is 1. The van der Waals surface area contributed by atoms with Crippen molar-refractivity contribution in [2.45, 2.75) is 45.6 Å². The maximum atomic E-state index is 11.3. The molecule has 2 rings (SSSR count). The summed E-state index contributed by atoms with van der Waals surface area (Å²) in [5.74, 6) is 1.94. The van der Waals surface area contributed by atoms with E-state index in [1.54, 1.807) is 25.3 Å². The molecule has 0 spiro atoms. The predicted octanol–water partition coefficient (Wildman–Crippen LogP) is 3.42. The molecule has 1 aliphatic carbocycles. The summed E-state index contributed by atoms with van der Waals surface area (Å²) in [6.07, 6.45) is 4.83. The van der Waals surface area contributed by atoms with Crippen molar-refractivity contribution in [2.24, 2.45) is 17.6 Å². The van der Waals surface area contributed by atoms with E-state index in [9.17, 15) is 4.79 Å². The molecule has 1 fully saturated rings. The van der Waals surface area contributed by atoms with Gasteiger partial charge in [0, 0.05) is 11.6 Å². The lowest BCUT2D eigenvalue weighted by Crippen LogP contribution is -2.28. The van der Waals surface area contributed by atoms with Crippen molar-refractivity contribution in [3.05, 3.63) is 23.8 Å². The van der Waals surface area contributed by atoms with Crippen LogP contribution >= 0.6 is 0 Å². The van der Waals surface area contributed by atoms with E-state index in [1.807, 2.05) is 0 Å². The molecule has 1 saturated carbocycles. The first-order valence-corrected chi connectivity index (χ1v) is 7.75. The van der Waals surface area contributed by atoms with Crippen LogP contribution < -0.4 is 15.8 Å². The van der Waals surface area contributed by atoms with Gasteiger partial charge in [-0.25, -0.2) is 0 Å². The van der Waals surface area contributed by atoms with Gasteiger partial charge in [-0.3, -0.25) is 4.79 Å². The number of anilines is 1. The second kappa shape index (κ2) is 6.83. The van der Waals surface area contributed by atoms with Gasteiger partial charge in [-0.05, 0) is 55.7 Å². The van der Waals surface area contributed by atoms with Crippen LogP contribution in [0.3, 0.4) is 0 Å². The number of hydrogen-bond acceptors (Lipinski definition) is 3. The standard InChI is InChI=1S/C17H26N2O2/c1-11(2)12-4-7-14(8-5-12)19-15-10-13(17(18)20)6-9-16(15)21-3/h6,9-12,14,19H,4-5,7-8H2,1-3H3,(H2,18,20). The number of nitrogens with one attached hydrogen (secondary N) is 1. The van der Waals surface area contributed by atoms with Gasteiger partial charge in [-0.1, -0.05) is 13.8 Å². The number of carbonyl (C=O) groups excluding carboxylic acids is 1. The molecule has 0 radical (unpaired) electrons. The van der Waals surface area contributed by atoms with E-state index in [4.69, 9.17) is 10.5 Å². The SMILES string of the molecule is COc1ccc(C(N)=O)cc1NC1CCC(C(C)C)CC1. The molecule has 116 valence electrons. The highest BCUT2D eigenvalue weighted by atomic mass is 16.5. The molecular formula is C17H26N2O2. The zero-order valence-corrected chi connectivity index (χ0v) is 13.2. The van der Waals surface area contributed by atoms with Crippen LogP contribution in [0.25, 0.3) is 0 Å². The highest BCUT2D eigenvalue weighted by Crippen LogP contribution is 2.33. The Bertz CT molecular complexity index is 492. The van der Waals surface area contributed by atoms with Gasteiger partial charge >= 0.3 is 0 Å². The van der Waals surface area contributed by atoms with E-state index < -0.39 is 5.91 Å². The molecular weight excluding hydrogens is 264 g/mol. The van der Waals surface area contributed by atoms with E-state index >= 15 is 0 Å². The summed E-state index contributed by atoms with van der Waals surface area (Å²) < 4.78 is 5.37. The molecule has 4 nitrogen and oxygen atoms in total. The Hall–Kier alpha value is -1.71. The van der Waals surface area contributed by atoms with Gasteiger partial charge in [0.25, 0.3) is 0 Å². The summed E-state index contributed by atoms with van der Waals surface area (Å²) in [7, 11) is 1.64. The molecule has 1 aromatic carbocycles. The average Bonchev–Trinajstić information content (AvgIpc) is 2.47. The minimum absolute atomic E-state index is 0.413. The monoisotopic (exact) mass is 290 g/mol. The summed E-state index contributed by atoms with van der Waals surface area (Å²) in [4.78, 5) is 11.3. The van der Waals surface area contributed by atoms with Crippen LogP contribution in [-0.2, 0) is 0 Å². The van der Waals surface area contributed by atoms with Gasteiger partial charge in [0.1, 0.15) is 5.75 Å². The van der Waals surface area contributed by atoms with Crippen LogP contribution in [0.15, 0.2) is 18.2 Å². The minimum Gasteiger partial charge on any atom is -0.495 e. The molecule has 0 atom stereocenters. The molecule has 1 amide bonds. The van der Waals surface area contributed by atoms with Crippen LogP contribution in [0.5, 0.6) is 5.75 Å². The molecule has 0 heterocycles. The zero-order valence-electron chi connectivity index (χ0n) is 13.2. The van der Waals surface area contributed by atoms with Crippen molar-refractivity contribution in [1.29, 1.82) is 0 Å². The Morgan fingerprint density at radius 3 is 2.48 bits per heavy atom. The maximum absolute atomic E-state index is 11.3. The summed E-state index contributed by atoms with van der Waals surface area (Å²) >= 11 is 0. The van der Waals surface area contributed by atoms with E-state index in [-0.39, 0.29) is 0 Å². The number of rotatable bonds is 5. The van der Waals surface area contributed by atoms with E-state index in [0.717, 1.165) is 36.1 Å². The summed E-state index contributed by atoms with van der Waals surface area (Å²) in [5.41, 5.74) is 6.72. The molecule has 0 unspecified atom stereocenters. The third kappa shape index (κ3) is 3.90. The van der Waals surface area contributed by atoms with Crippen molar-refractivity contribution in [3.63, 3.8) is 0 Å². The molecule has 3 N–H and O–H groups in total. The smallest absolute Gasteiger partial charge is 0.248 e. The fourth-order valence-corrected chi connectivity index (χ4v) is 3.12.